The maximum Gasteiger partial charge on any atom is 0.416 e. The SMILES string of the molecule is O=C(O)C1(S(=O)(=O)N2CCC(Sc3ccc(C(F)(F)F)cc3)CC2)CCOCC1. The number of thioether (sulfide) groups is 1. The number of benzene rings is 1. The van der Waals surface area contributed by atoms with Crippen molar-refractivity contribution in [2.24, 2.45) is 0 Å². The molecule has 2 aliphatic rings. The second-order valence-corrected chi connectivity index (χ2v) is 10.8. The van der Waals surface area contributed by atoms with Crippen molar-refractivity contribution in [1.29, 1.82) is 0 Å². The quantitative estimate of drug-likeness (QED) is 0.737. The molecule has 11 heteroatoms. The zero-order valence-electron chi connectivity index (χ0n) is 15.5. The van der Waals surface area contributed by atoms with Crippen LogP contribution in [0.15, 0.2) is 29.2 Å². The van der Waals surface area contributed by atoms with E-state index in [-0.39, 0.29) is 44.4 Å². The molecule has 0 saturated carbocycles. The number of sulfonamides is 1. The molecule has 0 bridgehead atoms. The van der Waals surface area contributed by atoms with Crippen LogP contribution in [-0.2, 0) is 25.7 Å². The summed E-state index contributed by atoms with van der Waals surface area (Å²) >= 11 is 1.41. The van der Waals surface area contributed by atoms with Crippen molar-refractivity contribution in [2.75, 3.05) is 26.3 Å². The van der Waals surface area contributed by atoms with Gasteiger partial charge in [0.25, 0.3) is 0 Å². The molecule has 162 valence electrons. The van der Waals surface area contributed by atoms with Crippen molar-refractivity contribution in [3.8, 4) is 0 Å². The fourth-order valence-corrected chi connectivity index (χ4v) is 6.85. The molecule has 6 nitrogen and oxygen atoms in total. The van der Waals surface area contributed by atoms with Gasteiger partial charge in [0.2, 0.25) is 10.0 Å². The number of rotatable bonds is 5. The highest BCUT2D eigenvalue weighted by Gasteiger charge is 2.54. The molecule has 2 aliphatic heterocycles. The Morgan fingerprint density at radius 2 is 1.69 bits per heavy atom. The van der Waals surface area contributed by atoms with Crippen LogP contribution < -0.4 is 0 Å². The van der Waals surface area contributed by atoms with Gasteiger partial charge in [0.1, 0.15) is 0 Å². The zero-order valence-corrected chi connectivity index (χ0v) is 17.2. The van der Waals surface area contributed by atoms with E-state index in [0.29, 0.717) is 17.7 Å². The van der Waals surface area contributed by atoms with Gasteiger partial charge in [-0.1, -0.05) is 0 Å². The molecule has 29 heavy (non-hydrogen) atoms. The van der Waals surface area contributed by atoms with Gasteiger partial charge < -0.3 is 9.84 Å². The summed E-state index contributed by atoms with van der Waals surface area (Å²) in [5.41, 5.74) is -0.710. The monoisotopic (exact) mass is 453 g/mol. The van der Waals surface area contributed by atoms with Crippen LogP contribution >= 0.6 is 11.8 Å². The van der Waals surface area contributed by atoms with Crippen LogP contribution in [0.2, 0.25) is 0 Å². The molecule has 1 aromatic carbocycles. The van der Waals surface area contributed by atoms with Crippen molar-refractivity contribution in [3.05, 3.63) is 29.8 Å². The van der Waals surface area contributed by atoms with Crippen molar-refractivity contribution >= 4 is 27.8 Å². The number of halogens is 3. The average molecular weight is 454 g/mol. The standard InChI is InChI=1S/C18H22F3NO5S2/c19-18(20,21)13-1-3-14(4-2-13)28-15-5-9-22(10-6-15)29(25,26)17(16(23)24)7-11-27-12-8-17/h1-4,15H,5-12H2,(H,23,24). The summed E-state index contributed by atoms with van der Waals surface area (Å²) < 4.78 is 68.7. The van der Waals surface area contributed by atoms with Gasteiger partial charge in [-0.25, -0.2) is 12.7 Å². The van der Waals surface area contributed by atoms with E-state index in [1.165, 1.54) is 28.2 Å². The fraction of sp³-hybridized carbons (Fsp3) is 0.611. The van der Waals surface area contributed by atoms with E-state index in [9.17, 15) is 31.5 Å². The number of carbonyl (C=O) groups is 1. The molecule has 0 amide bonds. The van der Waals surface area contributed by atoms with E-state index in [4.69, 9.17) is 4.74 Å². The lowest BCUT2D eigenvalue weighted by atomic mass is 9.99. The summed E-state index contributed by atoms with van der Waals surface area (Å²) in [6.45, 7) is 0.560. The van der Waals surface area contributed by atoms with Crippen molar-refractivity contribution in [3.63, 3.8) is 0 Å². The molecule has 0 radical (unpaired) electrons. The third-order valence-electron chi connectivity index (χ3n) is 5.41. The summed E-state index contributed by atoms with van der Waals surface area (Å²) in [4.78, 5) is 12.5. The molecule has 0 aromatic heterocycles. The topological polar surface area (TPSA) is 83.9 Å². The number of carboxylic acids is 1. The molecule has 0 spiro atoms. The highest BCUT2D eigenvalue weighted by Crippen LogP contribution is 2.37. The molecule has 2 heterocycles. The van der Waals surface area contributed by atoms with E-state index in [1.54, 1.807) is 0 Å². The molecular weight excluding hydrogens is 431 g/mol. The normalized spacial score (nSPS) is 21.8. The van der Waals surface area contributed by atoms with Crippen LogP contribution in [0.4, 0.5) is 13.2 Å². The second kappa shape index (κ2) is 8.44. The van der Waals surface area contributed by atoms with Gasteiger partial charge >= 0.3 is 12.1 Å². The number of alkyl halides is 3. The lowest BCUT2D eigenvalue weighted by molar-refractivity contribution is -0.143. The molecule has 3 rings (SSSR count). The number of carboxylic acid groups (broad SMARTS) is 1. The van der Waals surface area contributed by atoms with Crippen molar-refractivity contribution in [2.45, 2.75) is 46.8 Å². The molecule has 2 saturated heterocycles. The van der Waals surface area contributed by atoms with Gasteiger partial charge in [-0.15, -0.1) is 11.8 Å². The van der Waals surface area contributed by atoms with Crippen LogP contribution in [0.25, 0.3) is 0 Å². The number of hydrogen-bond acceptors (Lipinski definition) is 5. The van der Waals surface area contributed by atoms with Gasteiger partial charge in [-0.3, -0.25) is 4.79 Å². The van der Waals surface area contributed by atoms with Crippen LogP contribution in [0.1, 0.15) is 31.2 Å². The first-order chi connectivity index (χ1) is 13.6. The molecule has 1 N–H and O–H groups in total. The lowest BCUT2D eigenvalue weighted by Gasteiger charge is -2.39. The minimum absolute atomic E-state index is 0.0497. The van der Waals surface area contributed by atoms with E-state index >= 15 is 0 Å². The summed E-state index contributed by atoms with van der Waals surface area (Å²) in [5.74, 6) is -1.35. The minimum Gasteiger partial charge on any atom is -0.480 e. The summed E-state index contributed by atoms with van der Waals surface area (Å²) in [7, 11) is -4.04. The Morgan fingerprint density at radius 1 is 1.14 bits per heavy atom. The smallest absolute Gasteiger partial charge is 0.416 e. The van der Waals surface area contributed by atoms with Gasteiger partial charge in [0.05, 0.1) is 5.56 Å². The van der Waals surface area contributed by atoms with Crippen molar-refractivity contribution in [1.82, 2.24) is 4.31 Å². The van der Waals surface area contributed by atoms with Gasteiger partial charge in [0.15, 0.2) is 4.75 Å². The maximum absolute atomic E-state index is 13.1. The largest absolute Gasteiger partial charge is 0.480 e. The Bertz CT molecular complexity index is 828. The van der Waals surface area contributed by atoms with E-state index in [1.807, 2.05) is 0 Å². The number of aliphatic carboxylic acids is 1. The molecule has 0 unspecified atom stereocenters. The predicted molar refractivity (Wildman–Crippen MR) is 101 cm³/mol. The molecule has 1 aromatic rings. The maximum atomic E-state index is 13.1. The van der Waals surface area contributed by atoms with Crippen LogP contribution in [0.3, 0.4) is 0 Å². The third-order valence-corrected chi connectivity index (χ3v) is 9.37. The molecule has 0 aliphatic carbocycles. The molecular formula is C18H22F3NO5S2. The predicted octanol–water partition coefficient (Wildman–Crippen LogP) is 3.23. The summed E-state index contributed by atoms with van der Waals surface area (Å²) in [5, 5.41) is 9.69. The van der Waals surface area contributed by atoms with E-state index < -0.39 is 32.5 Å². The highest BCUT2D eigenvalue weighted by atomic mass is 32.2. The van der Waals surface area contributed by atoms with Gasteiger partial charge in [0, 0.05) is 49.3 Å². The van der Waals surface area contributed by atoms with Crippen LogP contribution in [0.5, 0.6) is 0 Å². The first kappa shape index (κ1) is 22.4. The number of nitrogens with zero attached hydrogens (tertiary/aromatic N) is 1. The zero-order chi connectivity index (χ0) is 21.3. The molecule has 0 atom stereocenters. The number of ether oxygens (including phenoxy) is 1. The first-order valence-corrected chi connectivity index (χ1v) is 11.5. The van der Waals surface area contributed by atoms with Gasteiger partial charge in [-0.2, -0.15) is 13.2 Å². The fourth-order valence-electron chi connectivity index (χ4n) is 3.64. The molecule has 2 fully saturated rings. The highest BCUT2D eigenvalue weighted by molar-refractivity contribution is 8.00. The number of hydrogen-bond donors (Lipinski definition) is 1. The average Bonchev–Trinajstić information content (AvgIpc) is 2.68. The van der Waals surface area contributed by atoms with Crippen LogP contribution in [-0.4, -0.2) is 60.1 Å². The number of piperidine rings is 1. The Labute approximate surface area is 171 Å². The minimum atomic E-state index is -4.38. The second-order valence-electron chi connectivity index (χ2n) is 7.16. The Hall–Kier alpha value is -1.30. The van der Waals surface area contributed by atoms with E-state index in [0.717, 1.165) is 12.1 Å². The summed E-state index contributed by atoms with van der Waals surface area (Å²) in [6, 6.07) is 4.89. The van der Waals surface area contributed by atoms with Crippen molar-refractivity contribution < 1.29 is 36.2 Å². The Kier molecular flexibility index (Phi) is 6.52. The third kappa shape index (κ3) is 4.57. The van der Waals surface area contributed by atoms with Gasteiger partial charge in [-0.05, 0) is 37.1 Å². The Morgan fingerprint density at radius 3 is 2.17 bits per heavy atom. The van der Waals surface area contributed by atoms with E-state index in [2.05, 4.69) is 0 Å². The van der Waals surface area contributed by atoms with Crippen LogP contribution in [0, 0.1) is 0 Å². The Balaban J connectivity index is 1.63. The summed E-state index contributed by atoms with van der Waals surface area (Å²) in [6.07, 6.45) is -3.54. The first-order valence-electron chi connectivity index (χ1n) is 9.21. The lowest BCUT2D eigenvalue weighted by Crippen LogP contribution is -2.57.